The van der Waals surface area contributed by atoms with Crippen LogP contribution in [0, 0.1) is 0 Å². The second-order valence-electron chi connectivity index (χ2n) is 24.9. The van der Waals surface area contributed by atoms with Gasteiger partial charge in [0.1, 0.15) is 0 Å². The maximum absolute atomic E-state index is 2.70. The van der Waals surface area contributed by atoms with E-state index in [1.165, 1.54) is 93.8 Å². The Hall–Kier alpha value is -11.4. The number of nitrogens with zero attached hydrogens (tertiary/aromatic N) is 5. The number of aromatic nitrogens is 1. The number of rotatable bonds is 12. The highest BCUT2D eigenvalue weighted by Crippen LogP contribution is 2.63. The second-order valence-corrected chi connectivity index (χ2v) is 24.9. The van der Waals surface area contributed by atoms with Gasteiger partial charge < -0.3 is 24.2 Å². The largest absolute Gasteiger partial charge is 0.361 e. The van der Waals surface area contributed by atoms with Crippen LogP contribution in [0.1, 0.15) is 47.9 Å². The summed E-state index contributed by atoms with van der Waals surface area (Å²) in [5.74, 6) is 0. The molecule has 1 spiro atoms. The second kappa shape index (κ2) is 22.0. The quantitative estimate of drug-likeness (QED) is 0.121. The van der Waals surface area contributed by atoms with E-state index < -0.39 is 5.41 Å². The number of anilines is 8. The third-order valence-corrected chi connectivity index (χ3v) is 20.0. The highest BCUT2D eigenvalue weighted by molar-refractivity contribution is 6.13. The first-order valence-electron chi connectivity index (χ1n) is 32.5. The monoisotopic (exact) mass is 1180 g/mol. The van der Waals surface area contributed by atoms with E-state index in [4.69, 9.17) is 0 Å². The van der Waals surface area contributed by atoms with Crippen molar-refractivity contribution in [2.45, 2.75) is 43.2 Å². The van der Waals surface area contributed by atoms with E-state index in [-0.39, 0.29) is 6.04 Å². The fourth-order valence-corrected chi connectivity index (χ4v) is 16.1. The first-order chi connectivity index (χ1) is 45.7. The minimum atomic E-state index is -0.770. The van der Waals surface area contributed by atoms with Crippen LogP contribution < -0.4 is 14.7 Å². The molecule has 5 heteroatoms. The molecule has 0 bridgehead atoms. The minimum absolute atomic E-state index is 0.203. The Morgan fingerprint density at radius 3 is 1.58 bits per heavy atom. The smallest absolute Gasteiger partial charge is 0.0756 e. The lowest BCUT2D eigenvalue weighted by Crippen LogP contribution is -2.42. The van der Waals surface area contributed by atoms with Gasteiger partial charge in [0.05, 0.1) is 45.6 Å². The predicted molar refractivity (Wildman–Crippen MR) is 385 cm³/mol. The van der Waals surface area contributed by atoms with E-state index in [2.05, 4.69) is 358 Å². The molecule has 92 heavy (non-hydrogen) atoms. The van der Waals surface area contributed by atoms with E-state index in [9.17, 15) is 0 Å². The summed E-state index contributed by atoms with van der Waals surface area (Å²) >= 11 is 0. The summed E-state index contributed by atoms with van der Waals surface area (Å²) in [6.07, 6.45) is 27.4. The molecule has 0 saturated carbocycles. The van der Waals surface area contributed by atoms with Crippen molar-refractivity contribution < 1.29 is 0 Å². The normalized spacial score (nSPS) is 17.4. The number of allylic oxidation sites excluding steroid dienone is 7. The van der Waals surface area contributed by atoms with Crippen LogP contribution in [-0.4, -0.2) is 21.6 Å². The summed E-state index contributed by atoms with van der Waals surface area (Å²) in [6, 6.07) is 102. The van der Waals surface area contributed by atoms with Crippen molar-refractivity contribution in [2.75, 3.05) is 14.7 Å². The van der Waals surface area contributed by atoms with E-state index in [1.54, 1.807) is 0 Å². The maximum Gasteiger partial charge on any atom is 0.0756 e. The molecule has 0 saturated heterocycles. The Labute approximate surface area is 537 Å². The lowest BCUT2D eigenvalue weighted by Gasteiger charge is -2.41. The molecule has 1 aliphatic heterocycles. The number of hydrogen-bond acceptors (Lipinski definition) is 4. The Bertz CT molecular complexity index is 5230. The highest BCUT2D eigenvalue weighted by Gasteiger charge is 2.51. The van der Waals surface area contributed by atoms with Gasteiger partial charge in [-0.15, -0.1) is 0 Å². The molecule has 18 rings (SSSR count). The first-order valence-corrected chi connectivity index (χ1v) is 32.5. The minimum Gasteiger partial charge on any atom is -0.361 e. The molecule has 5 nitrogen and oxygen atoms in total. The predicted octanol–water partition coefficient (Wildman–Crippen LogP) is 22.5. The summed E-state index contributed by atoms with van der Waals surface area (Å²) in [5, 5.41) is 7.30. The Balaban J connectivity index is 0.858. The van der Waals surface area contributed by atoms with Gasteiger partial charge >= 0.3 is 0 Å². The summed E-state index contributed by atoms with van der Waals surface area (Å²) < 4.78 is 2.56. The van der Waals surface area contributed by atoms with Crippen LogP contribution in [0.25, 0.3) is 60.2 Å². The average molecular weight is 1180 g/mol. The topological polar surface area (TPSA) is 17.9 Å². The number of para-hydroxylation sites is 5. The van der Waals surface area contributed by atoms with Gasteiger partial charge in [-0.25, -0.2) is 0 Å². The molecule has 1 aromatic heterocycles. The van der Waals surface area contributed by atoms with Crippen molar-refractivity contribution in [3.63, 3.8) is 0 Å². The Morgan fingerprint density at radius 2 is 0.924 bits per heavy atom. The molecule has 12 aromatic carbocycles. The SMILES string of the molecule is C1=CCCC(N(C2C=CC=CC2)C2C=CC(N(c3ccc4c(c3)C3(c5cc(N(c6ccc(N(c7ccccc7)c7ccccc7)cc6)c6cccc7ccccc67)ccc5-4)c4ccccc4-n4c5ccccc5c5cccc3c54)c3cccc4ccccc34)=CC2)=C1. The summed E-state index contributed by atoms with van der Waals surface area (Å²) in [5.41, 5.74) is 21.8. The van der Waals surface area contributed by atoms with Crippen molar-refractivity contribution in [2.24, 2.45) is 0 Å². The molecule has 5 aliphatic rings. The van der Waals surface area contributed by atoms with Gasteiger partial charge in [0.2, 0.25) is 0 Å². The zero-order valence-electron chi connectivity index (χ0n) is 51.0. The van der Waals surface area contributed by atoms with E-state index in [0.29, 0.717) is 6.04 Å². The van der Waals surface area contributed by atoms with Gasteiger partial charge in [0, 0.05) is 67.1 Å². The van der Waals surface area contributed by atoms with Crippen LogP contribution >= 0.6 is 0 Å². The van der Waals surface area contributed by atoms with Gasteiger partial charge in [-0.1, -0.05) is 225 Å². The molecule has 3 atom stereocenters. The molecule has 0 amide bonds. The number of fused-ring (bicyclic) bond motifs is 14. The third kappa shape index (κ3) is 8.46. The molecule has 4 aliphatic carbocycles. The van der Waals surface area contributed by atoms with E-state index >= 15 is 0 Å². The van der Waals surface area contributed by atoms with Crippen LogP contribution in [0.2, 0.25) is 0 Å². The van der Waals surface area contributed by atoms with Gasteiger partial charge in [-0.2, -0.15) is 0 Å². The van der Waals surface area contributed by atoms with Crippen molar-refractivity contribution in [3.05, 3.63) is 367 Å². The summed E-state index contributed by atoms with van der Waals surface area (Å²) in [4.78, 5) is 10.1. The average Bonchev–Trinajstić information content (AvgIpc) is 1.47. The van der Waals surface area contributed by atoms with Crippen molar-refractivity contribution in [1.29, 1.82) is 0 Å². The molecule has 0 N–H and O–H groups in total. The molecule has 0 fully saturated rings. The zero-order chi connectivity index (χ0) is 60.7. The molecular formula is C87H65N5. The summed E-state index contributed by atoms with van der Waals surface area (Å²) in [6.45, 7) is 0. The van der Waals surface area contributed by atoms with Gasteiger partial charge in [-0.05, 0) is 179 Å². The van der Waals surface area contributed by atoms with Crippen LogP contribution in [0.3, 0.4) is 0 Å². The maximum atomic E-state index is 2.70. The molecule has 0 radical (unpaired) electrons. The summed E-state index contributed by atoms with van der Waals surface area (Å²) in [7, 11) is 0. The van der Waals surface area contributed by atoms with E-state index in [1.807, 2.05) is 0 Å². The fourth-order valence-electron chi connectivity index (χ4n) is 16.1. The van der Waals surface area contributed by atoms with Gasteiger partial charge in [0.25, 0.3) is 0 Å². The molecule has 438 valence electrons. The Morgan fingerprint density at radius 1 is 0.380 bits per heavy atom. The van der Waals surface area contributed by atoms with Crippen molar-refractivity contribution in [3.8, 4) is 16.8 Å². The van der Waals surface area contributed by atoms with Gasteiger partial charge in [-0.3, -0.25) is 0 Å². The zero-order valence-corrected chi connectivity index (χ0v) is 51.0. The van der Waals surface area contributed by atoms with E-state index in [0.717, 1.165) is 71.2 Å². The van der Waals surface area contributed by atoms with Crippen LogP contribution in [-0.2, 0) is 5.41 Å². The van der Waals surface area contributed by atoms with Crippen LogP contribution in [0.15, 0.2) is 345 Å². The van der Waals surface area contributed by atoms with Crippen molar-refractivity contribution in [1.82, 2.24) is 9.47 Å². The van der Waals surface area contributed by atoms with Crippen molar-refractivity contribution >= 4 is 88.8 Å². The number of hydrogen-bond donors (Lipinski definition) is 0. The third-order valence-electron chi connectivity index (χ3n) is 20.0. The fraction of sp³-hybridized carbons (Fsp3) is 0.0805. The lowest BCUT2D eigenvalue weighted by molar-refractivity contribution is 0.236. The standard InChI is InChI=1S/C87H65N5/c1-5-28-62(29-6-1)88(63-30-7-2-8-31-63)66-46-50-68(51-47-66)90(82-44-21-26-60-24-13-15-36-72(60)82)70-54-56-74-75-57-55-71(59-81(75)87(80(74)58-70)78-40-18-20-43-85(78)92-84-42-19-17-38-76(84)77-39-23-41-79(87)86(77)92)91(83-45-22-27-61-25-14-16-37-73(61)83)69-52-48-67(49-53-69)89(64-32-9-3-10-33-64)65-34-11-4-12-35-65/h1-11,13-32,34,36-48,50-59,64,67H,12,33,35,49H2. The highest BCUT2D eigenvalue weighted by atomic mass is 15.2. The Kier molecular flexibility index (Phi) is 12.8. The van der Waals surface area contributed by atoms with Crippen LogP contribution in [0.5, 0.6) is 0 Å². The molecule has 13 aromatic rings. The molecule has 3 unspecified atom stereocenters. The first kappa shape index (κ1) is 53.6. The molecule has 2 heterocycles. The number of benzene rings is 12. The van der Waals surface area contributed by atoms with Gasteiger partial charge in [0.15, 0.2) is 0 Å². The van der Waals surface area contributed by atoms with Crippen LogP contribution in [0.4, 0.5) is 45.5 Å². The molecular weight excluding hydrogens is 1110 g/mol. The lowest BCUT2D eigenvalue weighted by atomic mass is 9.65.